The smallest absolute Gasteiger partial charge is 0.240 e. The third-order valence-electron chi connectivity index (χ3n) is 4.94. The first-order valence-corrected chi connectivity index (χ1v) is 11.3. The van der Waals surface area contributed by atoms with Gasteiger partial charge in [-0.2, -0.15) is 0 Å². The van der Waals surface area contributed by atoms with Crippen molar-refractivity contribution in [2.24, 2.45) is 4.99 Å². The van der Waals surface area contributed by atoms with Gasteiger partial charge >= 0.3 is 0 Å². The Kier molecular flexibility index (Phi) is 9.20. The van der Waals surface area contributed by atoms with Gasteiger partial charge in [-0.3, -0.25) is 4.99 Å². The molecule has 1 saturated heterocycles. The van der Waals surface area contributed by atoms with Crippen molar-refractivity contribution in [3.8, 4) is 0 Å². The molecule has 1 fully saturated rings. The molecule has 2 N–H and O–H groups in total. The molecule has 1 aliphatic heterocycles. The Morgan fingerprint density at radius 3 is 2.27 bits per heavy atom. The zero-order chi connectivity index (χ0) is 20.9. The van der Waals surface area contributed by atoms with Crippen molar-refractivity contribution in [3.63, 3.8) is 0 Å². The van der Waals surface area contributed by atoms with Crippen LogP contribution in [0.2, 0.25) is 5.02 Å². The lowest BCUT2D eigenvalue weighted by Gasteiger charge is -2.38. The lowest BCUT2D eigenvalue weighted by Crippen LogP contribution is -2.52. The average Bonchev–Trinajstić information content (AvgIpc) is 2.75. The summed E-state index contributed by atoms with van der Waals surface area (Å²) >= 11 is 6.32. The van der Waals surface area contributed by atoms with Crippen molar-refractivity contribution in [1.82, 2.24) is 14.9 Å². The van der Waals surface area contributed by atoms with Gasteiger partial charge in [0.1, 0.15) is 0 Å². The highest BCUT2D eigenvalue weighted by Gasteiger charge is 2.21. The maximum absolute atomic E-state index is 11.8. The topological polar surface area (TPSA) is 77.0 Å². The van der Waals surface area contributed by atoms with Crippen molar-refractivity contribution < 1.29 is 8.42 Å². The first-order chi connectivity index (χ1) is 13.9. The summed E-state index contributed by atoms with van der Waals surface area (Å²) in [6, 6.07) is 14.7. The number of rotatable bonds is 5. The first kappa shape index (κ1) is 24.7. The van der Waals surface area contributed by atoms with E-state index in [1.165, 1.54) is 7.05 Å². The van der Waals surface area contributed by atoms with E-state index < -0.39 is 10.0 Å². The van der Waals surface area contributed by atoms with E-state index in [1.54, 1.807) is 31.3 Å². The van der Waals surface area contributed by atoms with Gasteiger partial charge in [0.2, 0.25) is 10.0 Å². The number of hydrogen-bond acceptors (Lipinski definition) is 4. The fraction of sp³-hybridized carbons (Fsp3) is 0.350. The molecular weight excluding hydrogens is 537 g/mol. The van der Waals surface area contributed by atoms with Crippen LogP contribution in [0.15, 0.2) is 58.4 Å². The van der Waals surface area contributed by atoms with E-state index in [2.05, 4.69) is 24.8 Å². The van der Waals surface area contributed by atoms with Gasteiger partial charge in [0.25, 0.3) is 0 Å². The fourth-order valence-electron chi connectivity index (χ4n) is 3.29. The number of guanidine groups is 1. The summed E-state index contributed by atoms with van der Waals surface area (Å²) in [5.74, 6) is 0.829. The molecule has 10 heteroatoms. The molecule has 0 atom stereocenters. The number of halogens is 2. The van der Waals surface area contributed by atoms with Crippen molar-refractivity contribution in [2.75, 3.05) is 45.2 Å². The molecule has 0 saturated carbocycles. The van der Waals surface area contributed by atoms with Gasteiger partial charge in [-0.25, -0.2) is 13.1 Å². The van der Waals surface area contributed by atoms with E-state index in [4.69, 9.17) is 11.6 Å². The van der Waals surface area contributed by atoms with Crippen molar-refractivity contribution in [3.05, 3.63) is 59.1 Å². The fourth-order valence-corrected chi connectivity index (χ4v) is 4.27. The van der Waals surface area contributed by atoms with E-state index >= 15 is 0 Å². The lowest BCUT2D eigenvalue weighted by molar-refractivity contribution is 0.372. The number of benzene rings is 2. The van der Waals surface area contributed by atoms with Gasteiger partial charge in [0, 0.05) is 39.8 Å². The third-order valence-corrected chi connectivity index (χ3v) is 6.69. The maximum atomic E-state index is 11.8. The highest BCUT2D eigenvalue weighted by atomic mass is 127. The second-order valence-electron chi connectivity index (χ2n) is 6.68. The van der Waals surface area contributed by atoms with Crippen molar-refractivity contribution in [2.45, 2.75) is 11.4 Å². The summed E-state index contributed by atoms with van der Waals surface area (Å²) in [6.45, 7) is 3.97. The number of nitrogens with one attached hydrogen (secondary N) is 2. The zero-order valence-electron chi connectivity index (χ0n) is 17.0. The summed E-state index contributed by atoms with van der Waals surface area (Å²) in [5.41, 5.74) is 2.05. The van der Waals surface area contributed by atoms with E-state index in [-0.39, 0.29) is 28.9 Å². The SMILES string of the molecule is CN=C(NCc1ccc(S(=O)(=O)NC)cc1)N1CCN(c2ccccc2Cl)CC1.I. The first-order valence-electron chi connectivity index (χ1n) is 9.42. The molecule has 0 bridgehead atoms. The van der Waals surface area contributed by atoms with Crippen LogP contribution in [0.25, 0.3) is 0 Å². The number of sulfonamides is 1. The lowest BCUT2D eigenvalue weighted by atomic mass is 10.2. The summed E-state index contributed by atoms with van der Waals surface area (Å²) in [6.07, 6.45) is 0. The van der Waals surface area contributed by atoms with E-state index in [1.807, 2.05) is 24.3 Å². The molecule has 1 aliphatic rings. The number of anilines is 1. The van der Waals surface area contributed by atoms with Gasteiger partial charge in [-0.05, 0) is 36.9 Å². The van der Waals surface area contributed by atoms with Crippen LogP contribution >= 0.6 is 35.6 Å². The minimum absolute atomic E-state index is 0. The van der Waals surface area contributed by atoms with Gasteiger partial charge in [0.05, 0.1) is 15.6 Å². The van der Waals surface area contributed by atoms with Crippen LogP contribution in [-0.2, 0) is 16.6 Å². The van der Waals surface area contributed by atoms with Crippen LogP contribution in [0.1, 0.15) is 5.56 Å². The Bertz CT molecular complexity index is 961. The highest BCUT2D eigenvalue weighted by Crippen LogP contribution is 2.26. The van der Waals surface area contributed by atoms with Gasteiger partial charge in [0.15, 0.2) is 5.96 Å². The largest absolute Gasteiger partial charge is 0.367 e. The normalized spacial score (nSPS) is 15.0. The Balaban J connectivity index is 0.00000320. The van der Waals surface area contributed by atoms with E-state index in [0.717, 1.165) is 48.4 Å². The number of para-hydroxylation sites is 1. The van der Waals surface area contributed by atoms with Crippen molar-refractivity contribution >= 4 is 57.2 Å². The number of hydrogen-bond donors (Lipinski definition) is 2. The second kappa shape index (κ2) is 11.2. The van der Waals surface area contributed by atoms with Crippen LogP contribution < -0.4 is 14.9 Å². The van der Waals surface area contributed by atoms with Crippen molar-refractivity contribution in [1.29, 1.82) is 0 Å². The quantitative estimate of drug-likeness (QED) is 0.332. The molecule has 0 aromatic heterocycles. The van der Waals surface area contributed by atoms with Gasteiger partial charge in [-0.1, -0.05) is 35.9 Å². The minimum atomic E-state index is -3.42. The molecule has 0 unspecified atom stereocenters. The van der Waals surface area contributed by atoms with E-state index in [0.29, 0.717) is 6.54 Å². The molecule has 0 amide bonds. The molecule has 3 rings (SSSR count). The highest BCUT2D eigenvalue weighted by molar-refractivity contribution is 14.0. The van der Waals surface area contributed by atoms with Gasteiger partial charge in [-0.15, -0.1) is 24.0 Å². The Labute approximate surface area is 200 Å². The molecule has 2 aromatic carbocycles. The predicted molar refractivity (Wildman–Crippen MR) is 134 cm³/mol. The number of piperazine rings is 1. The number of aliphatic imine (C=N–C) groups is 1. The van der Waals surface area contributed by atoms with Crippen LogP contribution in [0.4, 0.5) is 5.69 Å². The molecule has 1 heterocycles. The summed E-state index contributed by atoms with van der Waals surface area (Å²) in [7, 11) is -0.243. The zero-order valence-corrected chi connectivity index (χ0v) is 20.9. The van der Waals surface area contributed by atoms with Gasteiger partial charge < -0.3 is 15.1 Å². The molecule has 7 nitrogen and oxygen atoms in total. The Morgan fingerprint density at radius 1 is 1.07 bits per heavy atom. The van der Waals surface area contributed by atoms with Crippen LogP contribution in [-0.4, -0.2) is 59.6 Å². The second-order valence-corrected chi connectivity index (χ2v) is 8.97. The summed E-state index contributed by atoms with van der Waals surface area (Å²) in [5, 5.41) is 4.13. The third kappa shape index (κ3) is 5.99. The molecule has 0 spiro atoms. The molecule has 164 valence electrons. The molecule has 0 radical (unpaired) electrons. The number of nitrogens with zero attached hydrogens (tertiary/aromatic N) is 3. The molecular formula is C20H27ClIN5O2S. The molecule has 0 aliphatic carbocycles. The molecule has 30 heavy (non-hydrogen) atoms. The average molecular weight is 564 g/mol. The molecule has 2 aromatic rings. The minimum Gasteiger partial charge on any atom is -0.367 e. The predicted octanol–water partition coefficient (Wildman–Crippen LogP) is 2.76. The maximum Gasteiger partial charge on any atom is 0.240 e. The van der Waals surface area contributed by atoms with Crippen LogP contribution in [0.3, 0.4) is 0 Å². The Morgan fingerprint density at radius 2 is 1.70 bits per heavy atom. The monoisotopic (exact) mass is 563 g/mol. The summed E-state index contributed by atoms with van der Waals surface area (Å²) < 4.78 is 25.9. The Hall–Kier alpha value is -1.56. The standard InChI is InChI=1S/C20H26ClN5O2S.HI/c1-22-20(24-15-16-7-9-17(10-8-16)29(27,28)23-2)26-13-11-25(12-14-26)19-6-4-3-5-18(19)21;/h3-10,23H,11-15H2,1-2H3,(H,22,24);1H. The summed E-state index contributed by atoms with van der Waals surface area (Å²) in [4.78, 5) is 9.15. The van der Waals surface area contributed by atoms with Crippen LogP contribution in [0, 0.1) is 0 Å². The van der Waals surface area contributed by atoms with E-state index in [9.17, 15) is 8.42 Å². The van der Waals surface area contributed by atoms with Crippen LogP contribution in [0.5, 0.6) is 0 Å².